The Morgan fingerprint density at radius 2 is 1.14 bits per heavy atom. The predicted octanol–water partition coefficient (Wildman–Crippen LogP) is 15.6. The summed E-state index contributed by atoms with van der Waals surface area (Å²) in [5, 5.41) is 5.01. The van der Waals surface area contributed by atoms with Gasteiger partial charge in [0, 0.05) is 61.3 Å². The van der Waals surface area contributed by atoms with Crippen molar-refractivity contribution in [1.82, 2.24) is 4.48 Å². The van der Waals surface area contributed by atoms with Gasteiger partial charge in [0.25, 0.3) is 0 Å². The first kappa shape index (κ1) is 39.8. The zero-order valence-corrected chi connectivity index (χ0v) is 39.6. The smallest absolute Gasteiger partial charge is 0.333 e. The van der Waals surface area contributed by atoms with E-state index in [2.05, 4.69) is 219 Å². The third-order valence-electron chi connectivity index (χ3n) is 14.8. The molecule has 0 unspecified atom stereocenters. The number of furan rings is 1. The van der Waals surface area contributed by atoms with Gasteiger partial charge in [0.15, 0.2) is 0 Å². The Morgan fingerprint density at radius 1 is 0.492 bits per heavy atom. The standard InChI is InChI=1S/C61H55BN2O/c1-34-21-26-52-46(27-34)56-53(65-52)33-51-58-57(56)47-32-42(61(9,10)11)31-45-44-30-41(60(6,7)8)23-25-49(44)64(59(45)47)62(58)48-24-22-40(55-37(4)17-13-18-38(55)5)29-50(48)63(51)43-20-14-19-39(28-43)54-35(2)15-12-16-36(54)3/h12-33H,1-11H3. The fourth-order valence-electron chi connectivity index (χ4n) is 11.6. The first-order chi connectivity index (χ1) is 31.1. The number of aryl methyl sites for hydroxylation is 5. The number of hydrogen-bond donors (Lipinski definition) is 0. The van der Waals surface area contributed by atoms with Gasteiger partial charge >= 0.3 is 6.85 Å². The van der Waals surface area contributed by atoms with Crippen LogP contribution in [0.5, 0.6) is 0 Å². The van der Waals surface area contributed by atoms with Gasteiger partial charge in [-0.3, -0.25) is 0 Å². The second kappa shape index (κ2) is 13.6. The van der Waals surface area contributed by atoms with Crippen LogP contribution in [-0.2, 0) is 10.8 Å². The summed E-state index contributed by atoms with van der Waals surface area (Å²) in [5.41, 5.74) is 27.0. The van der Waals surface area contributed by atoms with Crippen molar-refractivity contribution in [1.29, 1.82) is 0 Å². The van der Waals surface area contributed by atoms with E-state index in [0.717, 1.165) is 22.5 Å². The fourth-order valence-corrected chi connectivity index (χ4v) is 11.6. The highest BCUT2D eigenvalue weighted by molar-refractivity contribution is 6.90. The molecule has 0 amide bonds. The van der Waals surface area contributed by atoms with E-state index in [4.69, 9.17) is 4.42 Å². The van der Waals surface area contributed by atoms with Crippen LogP contribution in [0.1, 0.15) is 80.5 Å². The minimum absolute atomic E-state index is 0.00344. The van der Waals surface area contributed by atoms with Gasteiger partial charge < -0.3 is 13.8 Å². The molecule has 2 aromatic heterocycles. The molecule has 0 radical (unpaired) electrons. The topological polar surface area (TPSA) is 21.3 Å². The fraction of sp³-hybridized carbons (Fsp3) is 0.213. The Balaban J connectivity index is 1.28. The molecular formula is C61H55BN2O. The number of aromatic nitrogens is 1. The molecule has 0 saturated heterocycles. The molecule has 3 nitrogen and oxygen atoms in total. The molecule has 65 heavy (non-hydrogen) atoms. The van der Waals surface area contributed by atoms with Crippen molar-refractivity contribution in [2.45, 2.75) is 87.0 Å². The molecule has 0 bridgehead atoms. The van der Waals surface area contributed by atoms with Crippen LogP contribution in [0.2, 0.25) is 0 Å². The van der Waals surface area contributed by atoms with Crippen LogP contribution in [0.3, 0.4) is 0 Å². The van der Waals surface area contributed by atoms with Gasteiger partial charge in [-0.05, 0) is 172 Å². The van der Waals surface area contributed by atoms with Crippen molar-refractivity contribution < 1.29 is 4.42 Å². The summed E-state index contributed by atoms with van der Waals surface area (Å²) in [6.07, 6.45) is 0. The third-order valence-corrected chi connectivity index (χ3v) is 14.8. The van der Waals surface area contributed by atoms with Crippen LogP contribution in [-0.4, -0.2) is 11.3 Å². The van der Waals surface area contributed by atoms with E-state index in [1.54, 1.807) is 0 Å². The van der Waals surface area contributed by atoms with Gasteiger partial charge in [0.1, 0.15) is 11.2 Å². The highest BCUT2D eigenvalue weighted by Crippen LogP contribution is 2.52. The van der Waals surface area contributed by atoms with Gasteiger partial charge in [-0.15, -0.1) is 0 Å². The Labute approximate surface area is 383 Å². The maximum absolute atomic E-state index is 7.06. The number of fused-ring (bicyclic) bond motifs is 11. The Hall–Kier alpha value is -6.78. The summed E-state index contributed by atoms with van der Waals surface area (Å²) in [7, 11) is 0. The summed E-state index contributed by atoms with van der Waals surface area (Å²) in [5.74, 6) is 0. The van der Waals surface area contributed by atoms with Crippen molar-refractivity contribution in [3.05, 3.63) is 172 Å². The molecule has 0 fully saturated rings. The highest BCUT2D eigenvalue weighted by atomic mass is 16.3. The zero-order valence-electron chi connectivity index (χ0n) is 39.6. The van der Waals surface area contributed by atoms with Crippen molar-refractivity contribution in [2.75, 3.05) is 4.90 Å². The van der Waals surface area contributed by atoms with Crippen LogP contribution in [0.25, 0.3) is 77.1 Å². The average molecular weight is 843 g/mol. The molecule has 0 atom stereocenters. The van der Waals surface area contributed by atoms with Gasteiger partial charge in [-0.1, -0.05) is 120 Å². The van der Waals surface area contributed by atoms with E-state index in [9.17, 15) is 0 Å². The Morgan fingerprint density at radius 3 is 1.82 bits per heavy atom. The molecular weight excluding hydrogens is 787 g/mol. The quantitative estimate of drug-likeness (QED) is 0.165. The lowest BCUT2D eigenvalue weighted by atomic mass is 9.44. The molecule has 0 N–H and O–H groups in total. The van der Waals surface area contributed by atoms with Crippen molar-refractivity contribution in [2.24, 2.45) is 0 Å². The monoisotopic (exact) mass is 842 g/mol. The lowest BCUT2D eigenvalue weighted by Crippen LogP contribution is -2.56. The SMILES string of the molecule is Cc1ccc2oc3cc4c5c(c3c2c1)-c1cc(C(C)(C)C)cc2c3cc(C(C)(C)C)ccc3n(c12)B5c1ccc(-c2c(C)cccc2C)cc1N4c1cccc(-c2c(C)cccc2C)c1. The van der Waals surface area contributed by atoms with Crippen molar-refractivity contribution in [3.8, 4) is 33.4 Å². The lowest BCUT2D eigenvalue weighted by molar-refractivity contribution is 0.590. The van der Waals surface area contributed by atoms with Gasteiger partial charge in [0.05, 0.1) is 0 Å². The van der Waals surface area contributed by atoms with E-state index in [1.807, 2.05) is 0 Å². The largest absolute Gasteiger partial charge is 0.456 e. The number of anilines is 3. The van der Waals surface area contributed by atoms with Gasteiger partial charge in [-0.2, -0.15) is 0 Å². The molecule has 12 rings (SSSR count). The summed E-state index contributed by atoms with van der Waals surface area (Å²) < 4.78 is 9.77. The minimum atomic E-state index is -0.104. The molecule has 10 aromatic rings. The second-order valence-corrected chi connectivity index (χ2v) is 21.3. The second-order valence-electron chi connectivity index (χ2n) is 21.3. The molecule has 4 heterocycles. The first-order valence-corrected chi connectivity index (χ1v) is 23.4. The maximum Gasteiger partial charge on any atom is 0.333 e. The van der Waals surface area contributed by atoms with Gasteiger partial charge in [0.2, 0.25) is 0 Å². The van der Waals surface area contributed by atoms with Crippen LogP contribution in [0.4, 0.5) is 17.1 Å². The van der Waals surface area contributed by atoms with E-state index >= 15 is 0 Å². The minimum Gasteiger partial charge on any atom is -0.456 e. The van der Waals surface area contributed by atoms with E-state index in [1.165, 1.54) is 122 Å². The Bertz CT molecular complexity index is 3660. The van der Waals surface area contributed by atoms with E-state index in [-0.39, 0.29) is 17.7 Å². The molecule has 2 aliphatic heterocycles. The van der Waals surface area contributed by atoms with Crippen molar-refractivity contribution in [3.63, 3.8) is 0 Å². The molecule has 2 aliphatic rings. The number of benzene rings is 8. The molecule has 0 saturated carbocycles. The lowest BCUT2D eigenvalue weighted by Gasteiger charge is -2.41. The van der Waals surface area contributed by atoms with E-state index in [0.29, 0.717) is 0 Å². The molecule has 318 valence electrons. The number of rotatable bonds is 3. The van der Waals surface area contributed by atoms with Crippen LogP contribution in [0, 0.1) is 34.6 Å². The van der Waals surface area contributed by atoms with Gasteiger partial charge in [-0.25, -0.2) is 0 Å². The maximum atomic E-state index is 7.06. The van der Waals surface area contributed by atoms with Crippen LogP contribution < -0.4 is 15.8 Å². The molecule has 0 aliphatic carbocycles. The normalized spacial score (nSPS) is 13.4. The average Bonchev–Trinajstić information content (AvgIpc) is 3.79. The highest BCUT2D eigenvalue weighted by Gasteiger charge is 2.45. The number of nitrogens with zero attached hydrogens (tertiary/aromatic N) is 2. The summed E-state index contributed by atoms with van der Waals surface area (Å²) >= 11 is 0. The predicted molar refractivity (Wildman–Crippen MR) is 279 cm³/mol. The molecule has 4 heteroatoms. The van der Waals surface area contributed by atoms with Crippen molar-refractivity contribution >= 4 is 78.6 Å². The first-order valence-electron chi connectivity index (χ1n) is 23.4. The van der Waals surface area contributed by atoms with E-state index < -0.39 is 0 Å². The summed E-state index contributed by atoms with van der Waals surface area (Å²) in [6.45, 7) is 25.1. The van der Waals surface area contributed by atoms with Crippen LogP contribution in [0.15, 0.2) is 138 Å². The summed E-state index contributed by atoms with van der Waals surface area (Å²) in [6, 6.07) is 51.2. The molecule has 8 aromatic carbocycles. The Kier molecular flexibility index (Phi) is 8.34. The zero-order chi connectivity index (χ0) is 45.0. The third kappa shape index (κ3) is 5.75. The number of hydrogen-bond acceptors (Lipinski definition) is 2. The molecule has 0 spiro atoms. The summed E-state index contributed by atoms with van der Waals surface area (Å²) in [4.78, 5) is 2.57. The van der Waals surface area contributed by atoms with Crippen LogP contribution >= 0.6 is 0 Å².